The summed E-state index contributed by atoms with van der Waals surface area (Å²) < 4.78 is 11.5. The van der Waals surface area contributed by atoms with E-state index in [0.717, 1.165) is 30.6 Å². The molecule has 0 bridgehead atoms. The smallest absolute Gasteiger partial charge is 0.257 e. The molecule has 0 aliphatic carbocycles. The van der Waals surface area contributed by atoms with E-state index in [4.69, 9.17) is 9.47 Å². The molecule has 0 unspecified atom stereocenters. The van der Waals surface area contributed by atoms with E-state index in [-0.39, 0.29) is 11.8 Å². The SMILES string of the molecule is COc1ccc(N2CCCCC2)cc1C(=O)N1CCOC[C@@H](Cc2cncc3ccccc23)C1. The number of anilines is 1. The fraction of sp³-hybridized carbons (Fsp3) is 0.429. The first-order chi connectivity index (χ1) is 16.7. The lowest BCUT2D eigenvalue weighted by Crippen LogP contribution is -2.37. The minimum absolute atomic E-state index is 0.0160. The fourth-order valence-corrected chi connectivity index (χ4v) is 5.22. The lowest BCUT2D eigenvalue weighted by atomic mass is 9.96. The van der Waals surface area contributed by atoms with Gasteiger partial charge < -0.3 is 19.3 Å². The zero-order chi connectivity index (χ0) is 23.3. The number of hydrogen-bond donors (Lipinski definition) is 0. The number of pyridine rings is 1. The van der Waals surface area contributed by atoms with Crippen molar-refractivity contribution < 1.29 is 14.3 Å². The molecular weight excluding hydrogens is 426 g/mol. The first-order valence-electron chi connectivity index (χ1n) is 12.3. The van der Waals surface area contributed by atoms with Gasteiger partial charge in [-0.25, -0.2) is 0 Å². The molecule has 0 spiro atoms. The predicted molar refractivity (Wildman–Crippen MR) is 135 cm³/mol. The number of carbonyl (C=O) groups is 1. The largest absolute Gasteiger partial charge is 0.496 e. The van der Waals surface area contributed by atoms with Crippen LogP contribution in [0.15, 0.2) is 54.9 Å². The van der Waals surface area contributed by atoms with Gasteiger partial charge in [-0.05, 0) is 54.8 Å². The van der Waals surface area contributed by atoms with Crippen molar-refractivity contribution in [1.82, 2.24) is 9.88 Å². The maximum absolute atomic E-state index is 13.7. The normalized spacial score (nSPS) is 19.1. The van der Waals surface area contributed by atoms with Crippen LogP contribution in [-0.4, -0.2) is 62.3 Å². The van der Waals surface area contributed by atoms with Crippen molar-refractivity contribution in [2.45, 2.75) is 25.7 Å². The molecule has 2 aromatic carbocycles. The molecule has 1 amide bonds. The summed E-state index contributed by atoms with van der Waals surface area (Å²) >= 11 is 0. The van der Waals surface area contributed by atoms with Gasteiger partial charge >= 0.3 is 0 Å². The molecule has 5 rings (SSSR count). The van der Waals surface area contributed by atoms with Crippen molar-refractivity contribution in [2.24, 2.45) is 5.92 Å². The monoisotopic (exact) mass is 459 g/mol. The Morgan fingerprint density at radius 2 is 1.94 bits per heavy atom. The Morgan fingerprint density at radius 1 is 1.09 bits per heavy atom. The second kappa shape index (κ2) is 10.4. The molecule has 34 heavy (non-hydrogen) atoms. The number of methoxy groups -OCH3 is 1. The molecular formula is C28H33N3O3. The Morgan fingerprint density at radius 3 is 2.79 bits per heavy atom. The summed E-state index contributed by atoms with van der Waals surface area (Å²) in [5.74, 6) is 0.850. The molecule has 2 fully saturated rings. The molecule has 2 aliphatic heterocycles. The van der Waals surface area contributed by atoms with Crippen molar-refractivity contribution in [3.05, 3.63) is 66.0 Å². The third-order valence-electron chi connectivity index (χ3n) is 7.02. The Labute approximate surface area is 201 Å². The molecule has 6 heteroatoms. The fourth-order valence-electron chi connectivity index (χ4n) is 5.22. The van der Waals surface area contributed by atoms with E-state index in [1.165, 1.54) is 30.2 Å². The Bertz CT molecular complexity index is 1140. The van der Waals surface area contributed by atoms with Crippen LogP contribution in [-0.2, 0) is 11.2 Å². The van der Waals surface area contributed by atoms with E-state index >= 15 is 0 Å². The van der Waals surface area contributed by atoms with Gasteiger partial charge in [0.05, 0.1) is 25.9 Å². The third-order valence-corrected chi connectivity index (χ3v) is 7.02. The van der Waals surface area contributed by atoms with Gasteiger partial charge in [0.15, 0.2) is 0 Å². The van der Waals surface area contributed by atoms with Crippen LogP contribution in [0.5, 0.6) is 5.75 Å². The maximum atomic E-state index is 13.7. The van der Waals surface area contributed by atoms with E-state index in [1.54, 1.807) is 7.11 Å². The number of rotatable bonds is 5. The lowest BCUT2D eigenvalue weighted by molar-refractivity contribution is 0.0734. The minimum Gasteiger partial charge on any atom is -0.496 e. The molecule has 3 aromatic rings. The van der Waals surface area contributed by atoms with Crippen LogP contribution in [0.1, 0.15) is 35.2 Å². The summed E-state index contributed by atoms with van der Waals surface area (Å²) in [7, 11) is 1.63. The van der Waals surface area contributed by atoms with Gasteiger partial charge in [0, 0.05) is 55.6 Å². The second-order valence-corrected chi connectivity index (χ2v) is 9.35. The first-order valence-corrected chi connectivity index (χ1v) is 12.3. The number of benzene rings is 2. The second-order valence-electron chi connectivity index (χ2n) is 9.35. The standard InChI is InChI=1S/C28H33N3O3/c1-33-27-10-9-24(30-11-5-2-6-12-30)16-26(27)28(32)31-13-14-34-20-21(19-31)15-23-18-29-17-22-7-3-4-8-25(22)23/h3-4,7-10,16-18,21H,2,5-6,11-15,19-20H2,1H3/t21-/m0/s1. The number of amides is 1. The predicted octanol–water partition coefficient (Wildman–Crippen LogP) is 4.57. The van der Waals surface area contributed by atoms with Crippen molar-refractivity contribution in [2.75, 3.05) is 51.4 Å². The highest BCUT2D eigenvalue weighted by atomic mass is 16.5. The molecule has 2 saturated heterocycles. The zero-order valence-electron chi connectivity index (χ0n) is 19.9. The number of hydrogen-bond acceptors (Lipinski definition) is 5. The molecule has 3 heterocycles. The first kappa shape index (κ1) is 22.7. The van der Waals surface area contributed by atoms with Crippen LogP contribution in [0.25, 0.3) is 10.8 Å². The topological polar surface area (TPSA) is 54.9 Å². The number of nitrogens with zero attached hydrogens (tertiary/aromatic N) is 3. The molecule has 0 N–H and O–H groups in total. The van der Waals surface area contributed by atoms with Crippen LogP contribution < -0.4 is 9.64 Å². The highest BCUT2D eigenvalue weighted by Gasteiger charge is 2.27. The van der Waals surface area contributed by atoms with Crippen LogP contribution in [0, 0.1) is 5.92 Å². The number of piperidine rings is 1. The maximum Gasteiger partial charge on any atom is 0.257 e. The highest BCUT2D eigenvalue weighted by Crippen LogP contribution is 2.29. The van der Waals surface area contributed by atoms with Crippen molar-refractivity contribution in [3.63, 3.8) is 0 Å². The number of carbonyl (C=O) groups excluding carboxylic acids is 1. The van der Waals surface area contributed by atoms with Gasteiger partial charge in [0.2, 0.25) is 0 Å². The van der Waals surface area contributed by atoms with E-state index in [9.17, 15) is 4.79 Å². The summed E-state index contributed by atoms with van der Waals surface area (Å²) in [6, 6.07) is 14.4. The van der Waals surface area contributed by atoms with E-state index < -0.39 is 0 Å². The molecule has 6 nitrogen and oxygen atoms in total. The number of fused-ring (bicyclic) bond motifs is 1. The molecule has 0 saturated carbocycles. The quantitative estimate of drug-likeness (QED) is 0.560. The van der Waals surface area contributed by atoms with Crippen molar-refractivity contribution >= 4 is 22.4 Å². The Kier molecular flexibility index (Phi) is 6.95. The van der Waals surface area contributed by atoms with Crippen LogP contribution >= 0.6 is 0 Å². The lowest BCUT2D eigenvalue weighted by Gasteiger charge is -2.30. The van der Waals surface area contributed by atoms with Crippen molar-refractivity contribution in [1.29, 1.82) is 0 Å². The van der Waals surface area contributed by atoms with Gasteiger partial charge in [-0.1, -0.05) is 24.3 Å². The molecule has 2 aliphatic rings. The van der Waals surface area contributed by atoms with Crippen LogP contribution in [0.4, 0.5) is 5.69 Å². The van der Waals surface area contributed by atoms with E-state index in [1.807, 2.05) is 35.5 Å². The number of ether oxygens (including phenoxy) is 2. The molecule has 0 radical (unpaired) electrons. The zero-order valence-corrected chi connectivity index (χ0v) is 19.9. The van der Waals surface area contributed by atoms with Gasteiger partial charge in [-0.2, -0.15) is 0 Å². The average molecular weight is 460 g/mol. The van der Waals surface area contributed by atoms with Gasteiger partial charge in [0.1, 0.15) is 5.75 Å². The summed E-state index contributed by atoms with van der Waals surface area (Å²) in [5, 5.41) is 2.36. The molecule has 1 aromatic heterocycles. The Balaban J connectivity index is 1.37. The average Bonchev–Trinajstić information content (AvgIpc) is 3.14. The van der Waals surface area contributed by atoms with E-state index in [2.05, 4.69) is 34.1 Å². The van der Waals surface area contributed by atoms with Gasteiger partial charge in [0.25, 0.3) is 5.91 Å². The molecule has 178 valence electrons. The summed E-state index contributed by atoms with van der Waals surface area (Å²) in [4.78, 5) is 22.5. The van der Waals surface area contributed by atoms with Gasteiger partial charge in [-0.15, -0.1) is 0 Å². The van der Waals surface area contributed by atoms with Gasteiger partial charge in [-0.3, -0.25) is 9.78 Å². The summed E-state index contributed by atoms with van der Waals surface area (Å²) in [6.07, 6.45) is 8.35. The van der Waals surface area contributed by atoms with E-state index in [0.29, 0.717) is 37.6 Å². The van der Waals surface area contributed by atoms with Crippen LogP contribution in [0.3, 0.4) is 0 Å². The molecule has 1 atom stereocenters. The third kappa shape index (κ3) is 4.87. The highest BCUT2D eigenvalue weighted by molar-refractivity contribution is 5.98. The minimum atomic E-state index is 0.0160. The summed E-state index contributed by atoms with van der Waals surface area (Å²) in [5.41, 5.74) is 2.94. The van der Waals surface area contributed by atoms with Crippen LogP contribution in [0.2, 0.25) is 0 Å². The van der Waals surface area contributed by atoms with Crippen molar-refractivity contribution in [3.8, 4) is 5.75 Å². The number of aromatic nitrogens is 1. The Hall–Kier alpha value is -3.12. The summed E-state index contributed by atoms with van der Waals surface area (Å²) in [6.45, 7) is 4.50.